The van der Waals surface area contributed by atoms with Gasteiger partial charge < -0.3 is 10.6 Å². The minimum absolute atomic E-state index is 0.0629. The SMILES string of the molecule is CCc1sc(C(=O)NNC(=O)c2ccc(CNC(=O)NC(C)C)cc2)cc1C. The van der Waals surface area contributed by atoms with Crippen LogP contribution in [0.2, 0.25) is 0 Å². The lowest BCUT2D eigenvalue weighted by Gasteiger charge is -2.10. The second kappa shape index (κ2) is 9.89. The molecule has 0 bridgehead atoms. The molecule has 0 unspecified atom stereocenters. The summed E-state index contributed by atoms with van der Waals surface area (Å²) in [5.41, 5.74) is 7.22. The topological polar surface area (TPSA) is 99.3 Å². The molecule has 150 valence electrons. The number of benzene rings is 1. The van der Waals surface area contributed by atoms with Crippen molar-refractivity contribution in [1.29, 1.82) is 0 Å². The van der Waals surface area contributed by atoms with E-state index in [-0.39, 0.29) is 18.0 Å². The summed E-state index contributed by atoms with van der Waals surface area (Å²) < 4.78 is 0. The number of carbonyl (C=O) groups excluding carboxylic acids is 3. The summed E-state index contributed by atoms with van der Waals surface area (Å²) in [5.74, 6) is -0.743. The number of urea groups is 1. The molecule has 0 radical (unpaired) electrons. The van der Waals surface area contributed by atoms with Crippen LogP contribution in [0.5, 0.6) is 0 Å². The van der Waals surface area contributed by atoms with Crippen molar-refractivity contribution in [2.24, 2.45) is 0 Å². The van der Waals surface area contributed by atoms with E-state index in [0.717, 1.165) is 22.4 Å². The zero-order chi connectivity index (χ0) is 20.7. The van der Waals surface area contributed by atoms with Gasteiger partial charge in [-0.1, -0.05) is 19.1 Å². The lowest BCUT2D eigenvalue weighted by molar-refractivity contribution is 0.0849. The summed E-state index contributed by atoms with van der Waals surface area (Å²) in [4.78, 5) is 37.7. The van der Waals surface area contributed by atoms with Crippen LogP contribution in [-0.4, -0.2) is 23.9 Å². The maximum Gasteiger partial charge on any atom is 0.315 e. The average molecular weight is 403 g/mol. The third kappa shape index (κ3) is 6.09. The molecule has 0 aliphatic rings. The molecule has 0 fully saturated rings. The first-order chi connectivity index (χ1) is 13.3. The molecule has 28 heavy (non-hydrogen) atoms. The predicted octanol–water partition coefficient (Wildman–Crippen LogP) is 2.90. The molecule has 1 aromatic carbocycles. The van der Waals surface area contributed by atoms with Crippen molar-refractivity contribution in [3.8, 4) is 0 Å². The van der Waals surface area contributed by atoms with E-state index in [9.17, 15) is 14.4 Å². The maximum absolute atomic E-state index is 12.2. The Kier molecular flexibility index (Phi) is 7.57. The minimum atomic E-state index is -0.408. The number of hydrogen-bond donors (Lipinski definition) is 4. The van der Waals surface area contributed by atoms with Crippen molar-refractivity contribution >= 4 is 29.2 Å². The first-order valence-corrected chi connectivity index (χ1v) is 9.95. The van der Waals surface area contributed by atoms with E-state index in [4.69, 9.17) is 0 Å². The van der Waals surface area contributed by atoms with Crippen molar-refractivity contribution < 1.29 is 14.4 Å². The van der Waals surface area contributed by atoms with E-state index in [1.165, 1.54) is 11.3 Å². The summed E-state index contributed by atoms with van der Waals surface area (Å²) in [7, 11) is 0. The number of hydrazine groups is 1. The van der Waals surface area contributed by atoms with Crippen LogP contribution in [0.3, 0.4) is 0 Å². The van der Waals surface area contributed by atoms with Gasteiger partial charge in [-0.3, -0.25) is 20.4 Å². The predicted molar refractivity (Wildman–Crippen MR) is 110 cm³/mol. The molecular weight excluding hydrogens is 376 g/mol. The van der Waals surface area contributed by atoms with E-state index >= 15 is 0 Å². The first-order valence-electron chi connectivity index (χ1n) is 9.13. The quantitative estimate of drug-likeness (QED) is 0.559. The summed E-state index contributed by atoms with van der Waals surface area (Å²) in [6.07, 6.45) is 0.872. The smallest absolute Gasteiger partial charge is 0.315 e. The van der Waals surface area contributed by atoms with Crippen LogP contribution < -0.4 is 21.5 Å². The first kappa shape index (κ1) is 21.4. The average Bonchev–Trinajstić information content (AvgIpc) is 3.05. The second-order valence-corrected chi connectivity index (χ2v) is 7.79. The maximum atomic E-state index is 12.2. The van der Waals surface area contributed by atoms with Gasteiger partial charge in [0, 0.05) is 23.0 Å². The highest BCUT2D eigenvalue weighted by Gasteiger charge is 2.13. The summed E-state index contributed by atoms with van der Waals surface area (Å²) >= 11 is 1.43. The fourth-order valence-electron chi connectivity index (χ4n) is 2.50. The van der Waals surface area contributed by atoms with Crippen molar-refractivity contribution in [2.45, 2.75) is 46.7 Å². The molecule has 2 aromatic rings. The number of rotatable bonds is 6. The Morgan fingerprint density at radius 1 is 1.04 bits per heavy atom. The van der Waals surface area contributed by atoms with Crippen molar-refractivity contribution in [3.63, 3.8) is 0 Å². The summed E-state index contributed by atoms with van der Waals surface area (Å²) in [5, 5.41) is 5.48. The van der Waals surface area contributed by atoms with Gasteiger partial charge in [0.05, 0.1) is 4.88 Å². The number of amides is 4. The van der Waals surface area contributed by atoms with E-state index in [0.29, 0.717) is 17.0 Å². The van der Waals surface area contributed by atoms with Crippen molar-refractivity contribution in [3.05, 3.63) is 56.8 Å². The van der Waals surface area contributed by atoms with Gasteiger partial charge in [0.25, 0.3) is 11.8 Å². The van der Waals surface area contributed by atoms with Crippen LogP contribution in [0.4, 0.5) is 4.79 Å². The largest absolute Gasteiger partial charge is 0.336 e. The van der Waals surface area contributed by atoms with E-state index in [2.05, 4.69) is 21.5 Å². The standard InChI is InChI=1S/C20H26N4O3S/c1-5-16-13(4)10-17(28-16)19(26)24-23-18(25)15-8-6-14(7-9-15)11-21-20(27)22-12(2)3/h6-10,12H,5,11H2,1-4H3,(H,23,25)(H,24,26)(H2,21,22,27). The zero-order valence-electron chi connectivity index (χ0n) is 16.5. The van der Waals surface area contributed by atoms with E-state index in [1.54, 1.807) is 24.3 Å². The number of thiophene rings is 1. The van der Waals surface area contributed by atoms with Crippen molar-refractivity contribution in [1.82, 2.24) is 21.5 Å². The Labute approximate surface area is 168 Å². The summed E-state index contributed by atoms with van der Waals surface area (Å²) in [6, 6.07) is 8.43. The molecule has 1 heterocycles. The highest BCUT2D eigenvalue weighted by Crippen LogP contribution is 2.22. The highest BCUT2D eigenvalue weighted by atomic mass is 32.1. The van der Waals surface area contributed by atoms with Crippen LogP contribution in [0.25, 0.3) is 0 Å². The Morgan fingerprint density at radius 3 is 2.25 bits per heavy atom. The van der Waals surface area contributed by atoms with E-state index < -0.39 is 5.91 Å². The summed E-state index contributed by atoms with van der Waals surface area (Å²) in [6.45, 7) is 8.13. The van der Waals surface area contributed by atoms with Crippen LogP contribution >= 0.6 is 11.3 Å². The Morgan fingerprint density at radius 2 is 1.68 bits per heavy atom. The van der Waals surface area contributed by atoms with E-state index in [1.807, 2.05) is 33.8 Å². The molecule has 0 aliphatic heterocycles. The fourth-order valence-corrected chi connectivity index (χ4v) is 3.51. The molecule has 0 atom stereocenters. The van der Waals surface area contributed by atoms with Gasteiger partial charge in [-0.25, -0.2) is 4.79 Å². The van der Waals surface area contributed by atoms with Gasteiger partial charge in [0.1, 0.15) is 0 Å². The van der Waals surface area contributed by atoms with Gasteiger partial charge in [-0.2, -0.15) is 0 Å². The number of hydrogen-bond acceptors (Lipinski definition) is 4. The third-order valence-corrected chi connectivity index (χ3v) is 5.32. The molecule has 0 spiro atoms. The third-order valence-electron chi connectivity index (χ3n) is 3.94. The number of aryl methyl sites for hydroxylation is 2. The fraction of sp³-hybridized carbons (Fsp3) is 0.350. The molecule has 0 aliphatic carbocycles. The Bertz CT molecular complexity index is 844. The molecule has 4 N–H and O–H groups in total. The van der Waals surface area contributed by atoms with Gasteiger partial charge in [-0.05, 0) is 56.5 Å². The van der Waals surface area contributed by atoms with Crippen molar-refractivity contribution in [2.75, 3.05) is 0 Å². The Balaban J connectivity index is 1.85. The molecule has 7 nitrogen and oxygen atoms in total. The lowest BCUT2D eigenvalue weighted by Crippen LogP contribution is -2.41. The monoisotopic (exact) mass is 402 g/mol. The molecular formula is C20H26N4O3S. The lowest BCUT2D eigenvalue weighted by atomic mass is 10.1. The Hall–Kier alpha value is -2.87. The normalized spacial score (nSPS) is 10.5. The van der Waals surface area contributed by atoms with Crippen LogP contribution in [0.15, 0.2) is 30.3 Å². The molecule has 0 saturated heterocycles. The second-order valence-electron chi connectivity index (χ2n) is 6.66. The van der Waals surface area contributed by atoms with Gasteiger partial charge in [-0.15, -0.1) is 11.3 Å². The van der Waals surface area contributed by atoms with Crippen LogP contribution in [0.1, 0.15) is 56.8 Å². The highest BCUT2D eigenvalue weighted by molar-refractivity contribution is 7.14. The number of carbonyl (C=O) groups is 3. The molecule has 8 heteroatoms. The van der Waals surface area contributed by atoms with Crippen LogP contribution in [0, 0.1) is 6.92 Å². The zero-order valence-corrected chi connectivity index (χ0v) is 17.3. The van der Waals surface area contributed by atoms with Gasteiger partial charge in [0.15, 0.2) is 0 Å². The van der Waals surface area contributed by atoms with Crippen LogP contribution in [-0.2, 0) is 13.0 Å². The molecule has 0 saturated carbocycles. The molecule has 1 aromatic heterocycles. The minimum Gasteiger partial charge on any atom is -0.336 e. The molecule has 4 amide bonds. The molecule has 2 rings (SSSR count). The number of nitrogens with one attached hydrogen (secondary N) is 4. The van der Waals surface area contributed by atoms with Gasteiger partial charge >= 0.3 is 6.03 Å². The van der Waals surface area contributed by atoms with Gasteiger partial charge in [0.2, 0.25) is 0 Å².